The van der Waals surface area contributed by atoms with Crippen molar-refractivity contribution in [2.45, 2.75) is 45.1 Å². The van der Waals surface area contributed by atoms with Crippen LogP contribution in [0, 0.1) is 12.7 Å². The number of piperidine rings is 2. The Labute approximate surface area is 174 Å². The summed E-state index contributed by atoms with van der Waals surface area (Å²) in [7, 11) is 0. The van der Waals surface area contributed by atoms with Gasteiger partial charge in [0.1, 0.15) is 15.7 Å². The normalized spacial score (nSPS) is 19.2. The maximum atomic E-state index is 14.2. The highest BCUT2D eigenvalue weighted by Gasteiger charge is 2.30. The molecule has 2 aromatic rings. The highest BCUT2D eigenvalue weighted by Crippen LogP contribution is 2.32. The molecule has 0 unspecified atom stereocenters. The first kappa shape index (κ1) is 19.8. The minimum Gasteiger partial charge on any atom is -0.338 e. The summed E-state index contributed by atoms with van der Waals surface area (Å²) in [5.41, 5.74) is 1.05. The first-order valence-electron chi connectivity index (χ1n) is 9.99. The van der Waals surface area contributed by atoms with E-state index in [1.165, 1.54) is 49.8 Å². The Morgan fingerprint density at radius 1 is 1.18 bits per heavy atom. The molecule has 2 aliphatic rings. The number of carbonyl (C=O) groups excluding carboxylic acids is 1. The van der Waals surface area contributed by atoms with Crippen LogP contribution >= 0.6 is 22.9 Å². The Morgan fingerprint density at radius 2 is 1.89 bits per heavy atom. The second kappa shape index (κ2) is 8.47. The van der Waals surface area contributed by atoms with Gasteiger partial charge in [-0.3, -0.25) is 4.79 Å². The largest absolute Gasteiger partial charge is 0.338 e. The number of nitrogens with zero attached hydrogens (tertiary/aromatic N) is 3. The molecular weight excluding hydrogens is 397 g/mol. The zero-order valence-corrected chi connectivity index (χ0v) is 17.7. The molecule has 7 heteroatoms. The summed E-state index contributed by atoms with van der Waals surface area (Å²) in [5.74, 6) is -0.393. The fourth-order valence-electron chi connectivity index (χ4n) is 4.23. The van der Waals surface area contributed by atoms with E-state index in [0.717, 1.165) is 25.9 Å². The number of hydrogen-bond acceptors (Lipinski definition) is 4. The third kappa shape index (κ3) is 4.09. The number of aromatic nitrogens is 1. The summed E-state index contributed by atoms with van der Waals surface area (Å²) in [5, 5.41) is 0.876. The minimum atomic E-state index is -0.414. The summed E-state index contributed by atoms with van der Waals surface area (Å²) in [6.45, 7) is 5.77. The molecule has 3 heterocycles. The Bertz CT molecular complexity index is 857. The van der Waals surface area contributed by atoms with Crippen LogP contribution in [0.25, 0.3) is 10.6 Å². The van der Waals surface area contributed by atoms with Gasteiger partial charge in [-0.15, -0.1) is 11.3 Å². The molecule has 2 aliphatic heterocycles. The standard InChI is InChI=1S/C21H25ClFN3OS/c1-14-19(28-20(24-14)17-6-5-15(22)13-18(17)23)21(27)26-11-7-16(8-12-26)25-9-3-2-4-10-25/h5-6,13,16H,2-4,7-12H2,1H3. The van der Waals surface area contributed by atoms with E-state index in [-0.39, 0.29) is 5.91 Å². The van der Waals surface area contributed by atoms with Crippen LogP contribution in [0.2, 0.25) is 5.02 Å². The molecule has 2 saturated heterocycles. The first-order valence-corrected chi connectivity index (χ1v) is 11.2. The van der Waals surface area contributed by atoms with Crippen molar-refractivity contribution in [3.05, 3.63) is 39.6 Å². The van der Waals surface area contributed by atoms with E-state index in [2.05, 4.69) is 9.88 Å². The van der Waals surface area contributed by atoms with Crippen LogP contribution in [0.1, 0.15) is 47.5 Å². The van der Waals surface area contributed by atoms with Crippen LogP contribution in [0.15, 0.2) is 18.2 Å². The zero-order valence-electron chi connectivity index (χ0n) is 16.1. The number of carbonyl (C=O) groups is 1. The second-order valence-corrected chi connectivity index (χ2v) is 9.11. The fraction of sp³-hybridized carbons (Fsp3) is 0.524. The average Bonchev–Trinajstić information content (AvgIpc) is 3.09. The second-order valence-electron chi connectivity index (χ2n) is 7.68. The van der Waals surface area contributed by atoms with E-state index in [0.29, 0.717) is 32.2 Å². The van der Waals surface area contributed by atoms with E-state index in [4.69, 9.17) is 11.6 Å². The van der Waals surface area contributed by atoms with Gasteiger partial charge >= 0.3 is 0 Å². The third-order valence-electron chi connectivity index (χ3n) is 5.81. The summed E-state index contributed by atoms with van der Waals surface area (Å²) >= 11 is 7.11. The number of likely N-dealkylation sites (tertiary alicyclic amines) is 2. The van der Waals surface area contributed by atoms with Crippen LogP contribution in [0.4, 0.5) is 4.39 Å². The molecule has 1 amide bonds. The molecule has 0 radical (unpaired) electrons. The maximum Gasteiger partial charge on any atom is 0.265 e. The first-order chi connectivity index (χ1) is 13.5. The van der Waals surface area contributed by atoms with Gasteiger partial charge in [0.15, 0.2) is 0 Å². The molecule has 0 saturated carbocycles. The molecule has 28 heavy (non-hydrogen) atoms. The molecule has 4 rings (SSSR count). The van der Waals surface area contributed by atoms with Gasteiger partial charge in [0.25, 0.3) is 5.91 Å². The molecule has 2 fully saturated rings. The molecule has 1 aromatic carbocycles. The predicted octanol–water partition coefficient (Wildman–Crippen LogP) is 5.00. The Hall–Kier alpha value is -1.50. The summed E-state index contributed by atoms with van der Waals surface area (Å²) < 4.78 is 14.2. The smallest absolute Gasteiger partial charge is 0.265 e. The van der Waals surface area contributed by atoms with E-state index in [1.54, 1.807) is 12.1 Å². The van der Waals surface area contributed by atoms with E-state index >= 15 is 0 Å². The van der Waals surface area contributed by atoms with Crippen LogP contribution in [0.5, 0.6) is 0 Å². The third-order valence-corrected chi connectivity index (χ3v) is 7.22. The van der Waals surface area contributed by atoms with Gasteiger partial charge in [-0.1, -0.05) is 18.0 Å². The topological polar surface area (TPSA) is 36.4 Å². The highest BCUT2D eigenvalue weighted by molar-refractivity contribution is 7.17. The van der Waals surface area contributed by atoms with Crippen molar-refractivity contribution in [2.75, 3.05) is 26.2 Å². The highest BCUT2D eigenvalue weighted by atomic mass is 35.5. The van der Waals surface area contributed by atoms with Crippen molar-refractivity contribution in [3.63, 3.8) is 0 Å². The lowest BCUT2D eigenvalue weighted by Crippen LogP contribution is -2.48. The van der Waals surface area contributed by atoms with Gasteiger partial charge in [0.05, 0.1) is 5.69 Å². The fourth-order valence-corrected chi connectivity index (χ4v) is 5.45. The quantitative estimate of drug-likeness (QED) is 0.699. The van der Waals surface area contributed by atoms with Crippen molar-refractivity contribution >= 4 is 28.8 Å². The zero-order chi connectivity index (χ0) is 19.7. The molecule has 0 bridgehead atoms. The maximum absolute atomic E-state index is 14.2. The molecule has 0 N–H and O–H groups in total. The van der Waals surface area contributed by atoms with E-state index in [1.807, 2.05) is 11.8 Å². The number of amides is 1. The van der Waals surface area contributed by atoms with E-state index < -0.39 is 5.82 Å². The van der Waals surface area contributed by atoms with Gasteiger partial charge in [-0.2, -0.15) is 0 Å². The van der Waals surface area contributed by atoms with Crippen molar-refractivity contribution in [1.82, 2.24) is 14.8 Å². The molecule has 0 aliphatic carbocycles. The van der Waals surface area contributed by atoms with Gasteiger partial charge in [-0.25, -0.2) is 9.37 Å². The molecule has 0 atom stereocenters. The lowest BCUT2D eigenvalue weighted by atomic mass is 10.00. The van der Waals surface area contributed by atoms with Gasteiger partial charge in [0.2, 0.25) is 0 Å². The molecular formula is C21H25ClFN3OS. The van der Waals surface area contributed by atoms with Crippen molar-refractivity contribution in [3.8, 4) is 10.6 Å². The van der Waals surface area contributed by atoms with Crippen molar-refractivity contribution in [1.29, 1.82) is 0 Å². The van der Waals surface area contributed by atoms with Crippen molar-refractivity contribution < 1.29 is 9.18 Å². The monoisotopic (exact) mass is 421 g/mol. The van der Waals surface area contributed by atoms with Gasteiger partial charge < -0.3 is 9.80 Å². The SMILES string of the molecule is Cc1nc(-c2ccc(Cl)cc2F)sc1C(=O)N1CCC(N2CCCCC2)CC1. The molecule has 1 aromatic heterocycles. The number of aryl methyl sites for hydroxylation is 1. The lowest BCUT2D eigenvalue weighted by Gasteiger charge is -2.40. The number of benzene rings is 1. The summed E-state index contributed by atoms with van der Waals surface area (Å²) in [6, 6.07) is 5.14. The Balaban J connectivity index is 1.45. The van der Waals surface area contributed by atoms with Crippen LogP contribution in [-0.4, -0.2) is 52.9 Å². The van der Waals surface area contributed by atoms with E-state index in [9.17, 15) is 9.18 Å². The number of thiazole rings is 1. The van der Waals surface area contributed by atoms with Gasteiger partial charge in [0, 0.05) is 29.7 Å². The molecule has 4 nitrogen and oxygen atoms in total. The number of rotatable bonds is 3. The summed E-state index contributed by atoms with van der Waals surface area (Å²) in [4.78, 5) is 22.7. The Kier molecular flexibility index (Phi) is 5.99. The lowest BCUT2D eigenvalue weighted by molar-refractivity contribution is 0.0593. The number of halogens is 2. The molecule has 0 spiro atoms. The predicted molar refractivity (Wildman–Crippen MR) is 112 cm³/mol. The minimum absolute atomic E-state index is 0.0210. The van der Waals surface area contributed by atoms with Crippen molar-refractivity contribution in [2.24, 2.45) is 0 Å². The van der Waals surface area contributed by atoms with Crippen LogP contribution in [0.3, 0.4) is 0 Å². The van der Waals surface area contributed by atoms with Gasteiger partial charge in [-0.05, 0) is 63.9 Å². The Morgan fingerprint density at radius 3 is 2.57 bits per heavy atom. The molecule has 150 valence electrons. The van der Waals surface area contributed by atoms with Crippen LogP contribution < -0.4 is 0 Å². The van der Waals surface area contributed by atoms with Crippen LogP contribution in [-0.2, 0) is 0 Å². The summed E-state index contributed by atoms with van der Waals surface area (Å²) in [6.07, 6.45) is 5.99. The average molecular weight is 422 g/mol. The number of hydrogen-bond donors (Lipinski definition) is 0.